The molecule has 0 radical (unpaired) electrons. The molecule has 0 spiro atoms. The SMILES string of the molecule is C.O=C1CO[C@@H]2CCN(C(=O)[C@H](Cc3ccccc3)NC(=O)N3CCOCC3)[C@H]12.S.S. The van der Waals surface area contributed by atoms with E-state index in [0.29, 0.717) is 45.7 Å². The van der Waals surface area contributed by atoms with Crippen molar-refractivity contribution >= 4 is 44.7 Å². The highest BCUT2D eigenvalue weighted by molar-refractivity contribution is 7.59. The van der Waals surface area contributed by atoms with Gasteiger partial charge >= 0.3 is 6.03 Å². The summed E-state index contributed by atoms with van der Waals surface area (Å²) in [5, 5.41) is 2.89. The van der Waals surface area contributed by atoms with Crippen LogP contribution in [0.15, 0.2) is 30.3 Å². The number of hydrogen-bond donors (Lipinski definition) is 1. The highest BCUT2D eigenvalue weighted by Gasteiger charge is 2.48. The van der Waals surface area contributed by atoms with Gasteiger partial charge in [-0.05, 0) is 12.0 Å². The molecular formula is C21H33N3O5S2. The zero-order valence-electron chi connectivity index (χ0n) is 16.7. The van der Waals surface area contributed by atoms with Crippen LogP contribution in [0.3, 0.4) is 0 Å². The average Bonchev–Trinajstić information content (AvgIpc) is 3.31. The fourth-order valence-electron chi connectivity index (χ4n) is 4.10. The number of fused-ring (bicyclic) bond motifs is 1. The maximum atomic E-state index is 13.3. The van der Waals surface area contributed by atoms with Gasteiger partial charge in [-0.1, -0.05) is 37.8 Å². The number of carbonyl (C=O) groups excluding carboxylic acids is 3. The van der Waals surface area contributed by atoms with Crippen LogP contribution in [-0.2, 0) is 25.5 Å². The summed E-state index contributed by atoms with van der Waals surface area (Å²) in [6.45, 7) is 2.51. The fourth-order valence-corrected chi connectivity index (χ4v) is 4.10. The molecule has 3 saturated heterocycles. The second-order valence-corrected chi connectivity index (χ2v) is 7.37. The molecule has 1 N–H and O–H groups in total. The number of amides is 3. The zero-order valence-corrected chi connectivity index (χ0v) is 18.7. The lowest BCUT2D eigenvalue weighted by molar-refractivity contribution is -0.138. The van der Waals surface area contributed by atoms with Crippen molar-refractivity contribution in [2.75, 3.05) is 39.5 Å². The summed E-state index contributed by atoms with van der Waals surface area (Å²) in [6.07, 6.45) is 0.805. The summed E-state index contributed by atoms with van der Waals surface area (Å²) in [4.78, 5) is 41.5. The normalized spacial score (nSPS) is 23.0. The van der Waals surface area contributed by atoms with Crippen LogP contribution >= 0.6 is 27.0 Å². The zero-order chi connectivity index (χ0) is 19.5. The number of Topliss-reactive ketones (excluding diaryl/α,β-unsaturated/α-hetero) is 1. The molecule has 4 rings (SSSR count). The summed E-state index contributed by atoms with van der Waals surface area (Å²) >= 11 is 0. The predicted molar refractivity (Wildman–Crippen MR) is 127 cm³/mol. The molecule has 0 bridgehead atoms. The third-order valence-electron chi connectivity index (χ3n) is 5.57. The quantitative estimate of drug-likeness (QED) is 0.710. The van der Waals surface area contributed by atoms with Crippen LogP contribution in [0.1, 0.15) is 19.4 Å². The molecule has 3 heterocycles. The first kappa shape index (κ1) is 27.3. The minimum absolute atomic E-state index is 0. The number of likely N-dealkylation sites (tertiary alicyclic amines) is 1. The number of nitrogens with one attached hydrogen (secondary N) is 1. The van der Waals surface area contributed by atoms with E-state index < -0.39 is 12.1 Å². The third kappa shape index (κ3) is 6.15. The fraction of sp³-hybridized carbons (Fsp3) is 0.571. The summed E-state index contributed by atoms with van der Waals surface area (Å²) in [5.41, 5.74) is 0.952. The lowest BCUT2D eigenvalue weighted by Gasteiger charge is -2.31. The molecule has 1 aromatic rings. The molecule has 10 heteroatoms. The van der Waals surface area contributed by atoms with Crippen molar-refractivity contribution in [2.45, 2.75) is 38.5 Å². The minimum atomic E-state index is -0.732. The van der Waals surface area contributed by atoms with E-state index >= 15 is 0 Å². The number of hydrogen-bond acceptors (Lipinski definition) is 5. The highest BCUT2D eigenvalue weighted by atomic mass is 32.1. The molecule has 0 aliphatic carbocycles. The van der Waals surface area contributed by atoms with Crippen molar-refractivity contribution in [3.05, 3.63) is 35.9 Å². The van der Waals surface area contributed by atoms with Gasteiger partial charge < -0.3 is 24.6 Å². The van der Waals surface area contributed by atoms with E-state index in [4.69, 9.17) is 9.47 Å². The number of urea groups is 1. The second-order valence-electron chi connectivity index (χ2n) is 7.37. The van der Waals surface area contributed by atoms with Crippen molar-refractivity contribution in [1.82, 2.24) is 15.1 Å². The van der Waals surface area contributed by atoms with Crippen LogP contribution in [0.4, 0.5) is 4.79 Å². The molecule has 0 saturated carbocycles. The first-order valence-electron chi connectivity index (χ1n) is 9.75. The number of rotatable bonds is 4. The maximum Gasteiger partial charge on any atom is 0.318 e. The molecule has 3 atom stereocenters. The highest BCUT2D eigenvalue weighted by Crippen LogP contribution is 2.27. The largest absolute Gasteiger partial charge is 0.378 e. The van der Waals surface area contributed by atoms with Crippen LogP contribution in [-0.4, -0.2) is 85.2 Å². The lowest BCUT2D eigenvalue weighted by Crippen LogP contribution is -2.56. The number of morpholine rings is 1. The molecular weight excluding hydrogens is 438 g/mol. The topological polar surface area (TPSA) is 88.2 Å². The van der Waals surface area contributed by atoms with Crippen molar-refractivity contribution in [1.29, 1.82) is 0 Å². The minimum Gasteiger partial charge on any atom is -0.378 e. The van der Waals surface area contributed by atoms with Gasteiger partial charge in [0.1, 0.15) is 18.7 Å². The predicted octanol–water partition coefficient (Wildman–Crippen LogP) is 1.07. The van der Waals surface area contributed by atoms with Crippen LogP contribution in [0.2, 0.25) is 0 Å². The van der Waals surface area contributed by atoms with Gasteiger partial charge in [0.05, 0.1) is 19.3 Å². The van der Waals surface area contributed by atoms with E-state index in [-0.39, 0.29) is 64.9 Å². The monoisotopic (exact) mass is 471 g/mol. The van der Waals surface area contributed by atoms with Crippen LogP contribution in [0.25, 0.3) is 0 Å². The molecule has 1 aromatic carbocycles. The second kappa shape index (κ2) is 12.3. The van der Waals surface area contributed by atoms with Gasteiger partial charge in [0, 0.05) is 26.1 Å². The van der Waals surface area contributed by atoms with Gasteiger partial charge in [-0.3, -0.25) is 9.59 Å². The van der Waals surface area contributed by atoms with Crippen molar-refractivity contribution in [2.24, 2.45) is 0 Å². The lowest BCUT2D eigenvalue weighted by atomic mass is 10.0. The summed E-state index contributed by atoms with van der Waals surface area (Å²) in [5.74, 6) is -0.286. The summed E-state index contributed by atoms with van der Waals surface area (Å²) in [6, 6.07) is 8.04. The molecule has 174 valence electrons. The molecule has 3 fully saturated rings. The van der Waals surface area contributed by atoms with E-state index in [9.17, 15) is 14.4 Å². The molecule has 3 aliphatic rings. The standard InChI is InChI=1S/C20H25N3O5.CH4.2H2S/c24-16-13-28-17-6-7-23(18(16)17)19(25)15(12-14-4-2-1-3-5-14)21-20(26)22-8-10-27-11-9-22;;;/h1-5,15,17-18H,6-13H2,(H,21,26);1H4;2*1H2/t15-,17+,18+;;;/m0.../s1. The number of ether oxygens (including phenoxy) is 2. The van der Waals surface area contributed by atoms with Gasteiger partial charge in [0.2, 0.25) is 5.91 Å². The van der Waals surface area contributed by atoms with Crippen molar-refractivity contribution in [3.63, 3.8) is 0 Å². The van der Waals surface area contributed by atoms with Crippen LogP contribution in [0, 0.1) is 0 Å². The third-order valence-corrected chi connectivity index (χ3v) is 5.57. The maximum absolute atomic E-state index is 13.3. The van der Waals surface area contributed by atoms with Gasteiger partial charge in [-0.25, -0.2) is 4.79 Å². The Labute approximate surface area is 197 Å². The Morgan fingerprint density at radius 1 is 1.10 bits per heavy atom. The van der Waals surface area contributed by atoms with Gasteiger partial charge in [0.25, 0.3) is 0 Å². The summed E-state index contributed by atoms with van der Waals surface area (Å²) < 4.78 is 10.8. The Morgan fingerprint density at radius 3 is 2.45 bits per heavy atom. The Bertz CT molecular complexity index is 746. The molecule has 0 aromatic heterocycles. The Hall–Kier alpha value is -1.75. The smallest absolute Gasteiger partial charge is 0.318 e. The average molecular weight is 472 g/mol. The van der Waals surface area contributed by atoms with E-state index in [1.165, 1.54) is 0 Å². The van der Waals surface area contributed by atoms with Gasteiger partial charge in [0.15, 0.2) is 5.78 Å². The van der Waals surface area contributed by atoms with E-state index in [1.54, 1.807) is 9.80 Å². The molecule has 8 nitrogen and oxygen atoms in total. The Balaban J connectivity index is 0.00000160. The molecule has 3 aliphatic heterocycles. The Morgan fingerprint density at radius 2 is 1.77 bits per heavy atom. The van der Waals surface area contributed by atoms with E-state index in [0.717, 1.165) is 5.56 Å². The van der Waals surface area contributed by atoms with Crippen LogP contribution < -0.4 is 5.32 Å². The number of benzene rings is 1. The molecule has 0 unspecified atom stereocenters. The summed E-state index contributed by atoms with van der Waals surface area (Å²) in [7, 11) is 0. The van der Waals surface area contributed by atoms with Gasteiger partial charge in [-0.15, -0.1) is 0 Å². The first-order chi connectivity index (χ1) is 13.6. The first-order valence-corrected chi connectivity index (χ1v) is 9.75. The Kier molecular flexibility index (Phi) is 10.9. The van der Waals surface area contributed by atoms with Crippen LogP contribution in [0.5, 0.6) is 0 Å². The molecule has 3 amide bonds. The molecule has 31 heavy (non-hydrogen) atoms. The van der Waals surface area contributed by atoms with E-state index in [1.807, 2.05) is 30.3 Å². The number of nitrogens with zero attached hydrogens (tertiary/aromatic N) is 2. The van der Waals surface area contributed by atoms with Gasteiger partial charge in [-0.2, -0.15) is 27.0 Å². The number of carbonyl (C=O) groups is 3. The number of ketones is 1. The van der Waals surface area contributed by atoms with Crippen molar-refractivity contribution in [3.8, 4) is 0 Å². The van der Waals surface area contributed by atoms with Crippen molar-refractivity contribution < 1.29 is 23.9 Å². The van der Waals surface area contributed by atoms with E-state index in [2.05, 4.69) is 5.32 Å².